The molecular formula is C20H12N2O6. The van der Waals surface area contributed by atoms with Crippen molar-refractivity contribution < 1.29 is 24.7 Å². The molecule has 0 saturated heterocycles. The van der Waals surface area contributed by atoms with E-state index < -0.39 is 22.2 Å². The number of hydrogen-bond donors (Lipinski definition) is 3. The number of anilines is 2. The van der Waals surface area contributed by atoms with Crippen LogP contribution in [0.4, 0.5) is 17.1 Å². The van der Waals surface area contributed by atoms with E-state index in [-0.39, 0.29) is 39.4 Å². The lowest BCUT2D eigenvalue weighted by Gasteiger charge is -2.21. The van der Waals surface area contributed by atoms with Crippen molar-refractivity contribution in [2.45, 2.75) is 0 Å². The molecule has 4 rings (SSSR count). The van der Waals surface area contributed by atoms with Gasteiger partial charge in [-0.15, -0.1) is 0 Å². The quantitative estimate of drug-likeness (QED) is 0.368. The number of rotatable bonds is 3. The molecule has 1 aliphatic carbocycles. The van der Waals surface area contributed by atoms with E-state index in [1.807, 2.05) is 0 Å². The Morgan fingerprint density at radius 2 is 1.50 bits per heavy atom. The van der Waals surface area contributed by atoms with Gasteiger partial charge in [0.05, 0.1) is 21.7 Å². The molecule has 28 heavy (non-hydrogen) atoms. The fourth-order valence-electron chi connectivity index (χ4n) is 3.23. The van der Waals surface area contributed by atoms with Gasteiger partial charge >= 0.3 is 0 Å². The molecule has 1 aliphatic rings. The molecule has 3 aromatic carbocycles. The van der Waals surface area contributed by atoms with E-state index >= 15 is 0 Å². The molecule has 138 valence electrons. The predicted octanol–water partition coefficient (Wildman–Crippen LogP) is 3.53. The molecule has 0 unspecified atom stereocenters. The fourth-order valence-corrected chi connectivity index (χ4v) is 3.23. The first kappa shape index (κ1) is 17.2. The fraction of sp³-hybridized carbons (Fsp3) is 0. The van der Waals surface area contributed by atoms with E-state index in [0.717, 1.165) is 18.2 Å². The zero-order valence-electron chi connectivity index (χ0n) is 14.2. The first-order valence-electron chi connectivity index (χ1n) is 8.16. The number of aromatic hydroxyl groups is 2. The van der Waals surface area contributed by atoms with Gasteiger partial charge in [-0.2, -0.15) is 0 Å². The minimum Gasteiger partial charge on any atom is -0.508 e. The summed E-state index contributed by atoms with van der Waals surface area (Å²) in [6.07, 6.45) is 0. The van der Waals surface area contributed by atoms with E-state index in [9.17, 15) is 29.9 Å². The van der Waals surface area contributed by atoms with Crippen LogP contribution in [0.3, 0.4) is 0 Å². The number of nitrogens with zero attached hydrogens (tertiary/aromatic N) is 1. The van der Waals surface area contributed by atoms with Crippen molar-refractivity contribution in [1.29, 1.82) is 0 Å². The van der Waals surface area contributed by atoms with Crippen molar-refractivity contribution in [2.24, 2.45) is 0 Å². The van der Waals surface area contributed by atoms with Gasteiger partial charge in [-0.1, -0.05) is 18.2 Å². The van der Waals surface area contributed by atoms with Gasteiger partial charge in [0.2, 0.25) is 0 Å². The predicted molar refractivity (Wildman–Crippen MR) is 99.5 cm³/mol. The van der Waals surface area contributed by atoms with Gasteiger partial charge in [-0.3, -0.25) is 19.7 Å². The van der Waals surface area contributed by atoms with E-state index in [0.29, 0.717) is 5.69 Å². The minimum absolute atomic E-state index is 0.0584. The van der Waals surface area contributed by atoms with Crippen molar-refractivity contribution in [2.75, 3.05) is 5.32 Å². The number of nitrogens with one attached hydrogen (secondary N) is 1. The Bertz CT molecular complexity index is 1170. The number of carbonyl (C=O) groups excluding carboxylic acids is 2. The highest BCUT2D eigenvalue weighted by molar-refractivity contribution is 6.31. The smallest absolute Gasteiger partial charge is 0.272 e. The number of ketones is 2. The lowest BCUT2D eigenvalue weighted by Crippen LogP contribution is -2.22. The van der Waals surface area contributed by atoms with Crippen molar-refractivity contribution in [3.8, 4) is 11.5 Å². The molecule has 0 heterocycles. The van der Waals surface area contributed by atoms with E-state index in [1.54, 1.807) is 30.3 Å². The van der Waals surface area contributed by atoms with Gasteiger partial charge in [0.15, 0.2) is 11.6 Å². The lowest BCUT2D eigenvalue weighted by atomic mass is 9.82. The number of phenolic OH excluding ortho intramolecular Hbond substituents is 2. The first-order chi connectivity index (χ1) is 13.4. The Hall–Kier alpha value is -4.20. The molecule has 8 nitrogen and oxygen atoms in total. The summed E-state index contributed by atoms with van der Waals surface area (Å²) < 4.78 is 0. The monoisotopic (exact) mass is 376 g/mol. The number of non-ortho nitro benzene ring substituents is 1. The Balaban J connectivity index is 1.98. The second-order valence-corrected chi connectivity index (χ2v) is 6.21. The zero-order chi connectivity index (χ0) is 20.0. The van der Waals surface area contributed by atoms with Crippen molar-refractivity contribution in [3.05, 3.63) is 87.0 Å². The maximum Gasteiger partial charge on any atom is 0.272 e. The Morgan fingerprint density at radius 1 is 0.857 bits per heavy atom. The van der Waals surface area contributed by atoms with Crippen LogP contribution in [0, 0.1) is 10.1 Å². The number of carbonyl (C=O) groups is 2. The number of fused-ring (bicyclic) bond motifs is 2. The van der Waals surface area contributed by atoms with E-state index in [2.05, 4.69) is 5.32 Å². The molecule has 0 bridgehead atoms. The molecule has 0 spiro atoms. The maximum absolute atomic E-state index is 13.1. The Labute approximate surface area is 157 Å². The molecule has 0 radical (unpaired) electrons. The highest BCUT2D eigenvalue weighted by Crippen LogP contribution is 2.40. The molecule has 0 fully saturated rings. The molecule has 8 heteroatoms. The van der Waals surface area contributed by atoms with E-state index in [1.165, 1.54) is 6.07 Å². The standard InChI is InChI=1S/C20H12N2O6/c23-12-8-14-18(16(24)9-12)20(26)13-6-11(22(27)28)7-15(17(13)19(14)25)21-10-4-2-1-3-5-10/h1-9,21,23-24H. The summed E-state index contributed by atoms with van der Waals surface area (Å²) in [6.45, 7) is 0. The number of para-hydroxylation sites is 1. The molecule has 0 saturated carbocycles. The summed E-state index contributed by atoms with van der Waals surface area (Å²) in [7, 11) is 0. The van der Waals surface area contributed by atoms with Crippen molar-refractivity contribution >= 4 is 28.6 Å². The third-order valence-corrected chi connectivity index (χ3v) is 4.43. The van der Waals surface area contributed by atoms with Gasteiger partial charge in [0, 0.05) is 35.0 Å². The zero-order valence-corrected chi connectivity index (χ0v) is 14.2. The van der Waals surface area contributed by atoms with Gasteiger partial charge in [-0.25, -0.2) is 0 Å². The van der Waals surface area contributed by atoms with Crippen LogP contribution in [0.25, 0.3) is 0 Å². The van der Waals surface area contributed by atoms with Gasteiger partial charge in [0.1, 0.15) is 11.5 Å². The summed E-state index contributed by atoms with van der Waals surface area (Å²) in [5, 5.41) is 34.0. The molecule has 0 amide bonds. The van der Waals surface area contributed by atoms with Gasteiger partial charge < -0.3 is 15.5 Å². The normalized spacial score (nSPS) is 12.3. The third kappa shape index (κ3) is 2.64. The third-order valence-electron chi connectivity index (χ3n) is 4.43. The average molecular weight is 376 g/mol. The van der Waals surface area contributed by atoms with Crippen LogP contribution in [0.15, 0.2) is 54.6 Å². The lowest BCUT2D eigenvalue weighted by molar-refractivity contribution is -0.384. The number of nitro benzene ring substituents is 1. The largest absolute Gasteiger partial charge is 0.508 e. The molecular weight excluding hydrogens is 364 g/mol. The van der Waals surface area contributed by atoms with Crippen molar-refractivity contribution in [1.82, 2.24) is 0 Å². The summed E-state index contributed by atoms with van der Waals surface area (Å²) >= 11 is 0. The topological polar surface area (TPSA) is 130 Å². The van der Waals surface area contributed by atoms with Gasteiger partial charge in [0.25, 0.3) is 5.69 Å². The average Bonchev–Trinajstić information content (AvgIpc) is 2.65. The molecule has 3 N–H and O–H groups in total. The summed E-state index contributed by atoms with van der Waals surface area (Å²) in [6, 6.07) is 12.9. The Kier molecular flexibility index (Phi) is 3.82. The van der Waals surface area contributed by atoms with Crippen LogP contribution < -0.4 is 5.32 Å². The van der Waals surface area contributed by atoms with Crippen LogP contribution in [-0.4, -0.2) is 26.7 Å². The molecule has 0 atom stereocenters. The van der Waals surface area contributed by atoms with Crippen LogP contribution in [0.2, 0.25) is 0 Å². The second kappa shape index (κ2) is 6.20. The maximum atomic E-state index is 13.1. The second-order valence-electron chi connectivity index (χ2n) is 6.21. The van der Waals surface area contributed by atoms with Crippen molar-refractivity contribution in [3.63, 3.8) is 0 Å². The van der Waals surface area contributed by atoms with Crippen LogP contribution in [0.5, 0.6) is 11.5 Å². The minimum atomic E-state index is -0.734. The first-order valence-corrected chi connectivity index (χ1v) is 8.16. The molecule has 0 aromatic heterocycles. The number of phenols is 2. The molecule has 3 aromatic rings. The Morgan fingerprint density at radius 3 is 2.18 bits per heavy atom. The van der Waals surface area contributed by atoms with Gasteiger partial charge in [-0.05, 0) is 18.2 Å². The number of benzene rings is 3. The summed E-state index contributed by atoms with van der Waals surface area (Å²) in [5.41, 5.74) is -0.429. The van der Waals surface area contributed by atoms with Crippen LogP contribution in [0.1, 0.15) is 31.8 Å². The van der Waals surface area contributed by atoms with Crippen LogP contribution in [-0.2, 0) is 0 Å². The van der Waals surface area contributed by atoms with E-state index in [4.69, 9.17) is 0 Å². The summed E-state index contributed by atoms with van der Waals surface area (Å²) in [5.74, 6) is -2.31. The highest BCUT2D eigenvalue weighted by atomic mass is 16.6. The highest BCUT2D eigenvalue weighted by Gasteiger charge is 2.36. The number of hydrogen-bond acceptors (Lipinski definition) is 7. The number of nitro groups is 1. The summed E-state index contributed by atoms with van der Waals surface area (Å²) in [4.78, 5) is 36.7. The molecule has 0 aliphatic heterocycles. The van der Waals surface area contributed by atoms with Crippen LogP contribution >= 0.6 is 0 Å². The SMILES string of the molecule is O=C1c2cc([N+](=O)[O-])cc(Nc3ccccc3)c2C(=O)c2cc(O)cc(O)c21.